The van der Waals surface area contributed by atoms with Crippen LogP contribution in [0.3, 0.4) is 0 Å². The van der Waals surface area contributed by atoms with Crippen LogP contribution in [-0.4, -0.2) is 142 Å². The molecule has 0 amide bonds. The highest BCUT2D eigenvalue weighted by molar-refractivity contribution is 8.76. The van der Waals surface area contributed by atoms with Crippen LogP contribution >= 0.6 is 33.2 Å². The Morgan fingerprint density at radius 3 is 1.99 bits per heavy atom. The van der Waals surface area contributed by atoms with Crippen molar-refractivity contribution in [2.75, 3.05) is 37.2 Å². The number of nitrogens with one attached hydrogen (secondary N) is 1. The maximum absolute atomic E-state index is 15.8. The quantitative estimate of drug-likeness (QED) is 0.0195. The molecule has 22 heteroatoms. The minimum Gasteiger partial charge on any atom is -0.464 e. The number of benzene rings is 3. The van der Waals surface area contributed by atoms with E-state index in [0.717, 1.165) is 13.8 Å². The van der Waals surface area contributed by atoms with Crippen molar-refractivity contribution in [2.24, 2.45) is 16.7 Å². The summed E-state index contributed by atoms with van der Waals surface area (Å²) in [4.78, 5) is 97.1. The fourth-order valence-electron chi connectivity index (χ4n) is 11.0. The van der Waals surface area contributed by atoms with Gasteiger partial charge in [-0.2, -0.15) is 0 Å². The molecule has 12 atom stereocenters. The van der Waals surface area contributed by atoms with Crippen LogP contribution in [0.1, 0.15) is 88.1 Å². The molecule has 1 heterocycles. The van der Waals surface area contributed by atoms with E-state index >= 15 is 9.59 Å². The number of rotatable bonds is 20. The first-order chi connectivity index (χ1) is 36.1. The second-order valence-corrected chi connectivity index (χ2v) is 22.7. The van der Waals surface area contributed by atoms with Gasteiger partial charge in [0.15, 0.2) is 17.5 Å². The zero-order chi connectivity index (χ0) is 55.2. The van der Waals surface area contributed by atoms with Gasteiger partial charge in [-0.1, -0.05) is 114 Å². The highest BCUT2D eigenvalue weighted by Crippen LogP contribution is 2.64. The van der Waals surface area contributed by atoms with Crippen LogP contribution in [-0.2, 0) is 61.9 Å². The second kappa shape index (κ2) is 24.4. The van der Waals surface area contributed by atoms with Gasteiger partial charge in [-0.3, -0.25) is 24.5 Å². The number of fused-ring (bicyclic) bond motifs is 5. The van der Waals surface area contributed by atoms with Crippen molar-refractivity contribution < 1.29 is 86.8 Å². The molecule has 410 valence electrons. The Kier molecular flexibility index (Phi) is 18.7. The molecule has 2 bridgehead atoms. The third-order valence-corrected chi connectivity index (χ3v) is 17.4. The maximum Gasteiger partial charge on any atom is 0.509 e. The Bertz CT molecular complexity index is 2640. The number of aliphatic hydroxyl groups excluding tert-OH is 2. The van der Waals surface area contributed by atoms with Gasteiger partial charge in [-0.25, -0.2) is 14.4 Å². The van der Waals surface area contributed by atoms with Crippen LogP contribution < -0.4 is 5.32 Å². The van der Waals surface area contributed by atoms with Crippen LogP contribution in [0.4, 0.5) is 4.79 Å². The largest absolute Gasteiger partial charge is 0.509 e. The number of esters is 5. The van der Waals surface area contributed by atoms with Crippen molar-refractivity contribution in [3.8, 4) is 0 Å². The summed E-state index contributed by atoms with van der Waals surface area (Å²) in [6.45, 7) is 7.74. The van der Waals surface area contributed by atoms with Gasteiger partial charge in [0.05, 0.1) is 35.6 Å². The highest BCUT2D eigenvalue weighted by atomic mass is 35.5. The molecule has 19 nitrogen and oxygen atoms in total. The number of halogens is 1. The van der Waals surface area contributed by atoms with Crippen molar-refractivity contribution in [1.82, 2.24) is 5.32 Å². The van der Waals surface area contributed by atoms with Gasteiger partial charge in [0.2, 0.25) is 6.10 Å². The number of carbonyl (C=O) groups is 7. The van der Waals surface area contributed by atoms with Crippen molar-refractivity contribution in [2.45, 2.75) is 114 Å². The predicted octanol–water partition coefficient (Wildman–Crippen LogP) is 5.91. The summed E-state index contributed by atoms with van der Waals surface area (Å²) in [6.07, 6.45) is -13.7. The van der Waals surface area contributed by atoms with E-state index in [4.69, 9.17) is 49.5 Å². The molecule has 1 aliphatic heterocycles. The normalized spacial score (nSPS) is 28.5. The summed E-state index contributed by atoms with van der Waals surface area (Å²) in [5, 5.41) is 40.8. The Labute approximate surface area is 452 Å². The van der Waals surface area contributed by atoms with Crippen LogP contribution in [0, 0.1) is 16.7 Å². The second-order valence-electron chi connectivity index (χ2n) is 19.7. The van der Waals surface area contributed by atoms with Crippen LogP contribution in [0.2, 0.25) is 0 Å². The predicted molar refractivity (Wildman–Crippen MR) is 275 cm³/mol. The van der Waals surface area contributed by atoms with E-state index in [1.54, 1.807) is 92.7 Å². The highest BCUT2D eigenvalue weighted by Gasteiger charge is 2.78. The number of ketones is 1. The summed E-state index contributed by atoms with van der Waals surface area (Å²) in [5.74, 6) is -6.65. The van der Waals surface area contributed by atoms with Crippen molar-refractivity contribution in [3.05, 3.63) is 119 Å². The van der Waals surface area contributed by atoms with E-state index in [0.29, 0.717) is 16.9 Å². The Balaban J connectivity index is 1.33. The first-order valence-electron chi connectivity index (χ1n) is 24.5. The van der Waals surface area contributed by atoms with Gasteiger partial charge in [0.25, 0.3) is 0 Å². The number of hydrogen-bond donors (Lipinski definition) is 4. The topological polar surface area (TPSA) is 266 Å². The van der Waals surface area contributed by atoms with Crippen LogP contribution in [0.15, 0.2) is 102 Å². The fourth-order valence-corrected chi connectivity index (χ4v) is 12.8. The molecule has 7 rings (SSSR count). The average Bonchev–Trinajstić information content (AvgIpc) is 3.59. The number of ether oxygens (including phenoxy) is 8. The fraction of sp³-hybridized carbons (Fsp3) is 0.500. The first-order valence-corrected chi connectivity index (χ1v) is 27.6. The van der Waals surface area contributed by atoms with Gasteiger partial charge < -0.3 is 53.2 Å². The van der Waals surface area contributed by atoms with Crippen LogP contribution in [0.25, 0.3) is 0 Å². The Morgan fingerprint density at radius 1 is 0.829 bits per heavy atom. The molecule has 0 radical (unpaired) electrons. The molecule has 3 fully saturated rings. The standard InChI is InChI=1S/C54H62ClNO18S2/c1-30-36(71-49(64)43(72-50(65)68-23-25-76-75-24-22-67-39(60)28-55)41(33-16-10-7-11-17-33)56-47(62)34-18-12-8-13-19-34)27-54(66)46(73-48(63)35-20-14-9-15-21-35)44-52(6,37(59)26-38-53(44,29-69-38)74-32(3)58)45(61)42(70-31(2)57)40(30)51(54,4)5/h7-21,36-38,41-44,46-47,56,59,62,66H,22-29H2,1-6H3/t36-,37-,38+,41-,42+,43+,44?,46?,47?,52+,53-,54+/m0/s1. The summed E-state index contributed by atoms with van der Waals surface area (Å²) < 4.78 is 47.1. The lowest BCUT2D eigenvalue weighted by Crippen LogP contribution is -2.82. The zero-order valence-electron chi connectivity index (χ0n) is 42.7. The number of hydrogen-bond acceptors (Lipinski definition) is 21. The van der Waals surface area contributed by atoms with E-state index in [9.17, 15) is 39.3 Å². The third kappa shape index (κ3) is 11.8. The lowest BCUT2D eigenvalue weighted by atomic mass is 9.44. The van der Waals surface area contributed by atoms with E-state index in [1.807, 2.05) is 0 Å². The number of carbonyl (C=O) groups excluding carboxylic acids is 7. The summed E-state index contributed by atoms with van der Waals surface area (Å²) in [6, 6.07) is 23.0. The van der Waals surface area contributed by atoms with Crippen molar-refractivity contribution in [1.29, 1.82) is 0 Å². The van der Waals surface area contributed by atoms with E-state index in [1.165, 1.54) is 47.6 Å². The number of aliphatic hydroxyl groups is 3. The molecular formula is C54H62ClNO18S2. The zero-order valence-corrected chi connectivity index (χ0v) is 45.1. The molecule has 3 unspecified atom stereocenters. The molecule has 0 aromatic heterocycles. The third-order valence-electron chi connectivity index (χ3n) is 14.8. The molecule has 4 N–H and O–H groups in total. The molecule has 3 aromatic carbocycles. The van der Waals surface area contributed by atoms with Gasteiger partial charge in [-0.05, 0) is 48.3 Å². The molecule has 2 saturated carbocycles. The minimum atomic E-state index is -2.48. The van der Waals surface area contributed by atoms with E-state index in [-0.39, 0.29) is 54.6 Å². The van der Waals surface area contributed by atoms with Gasteiger partial charge in [0.1, 0.15) is 49.2 Å². The van der Waals surface area contributed by atoms with Crippen molar-refractivity contribution in [3.63, 3.8) is 0 Å². The molecule has 1 saturated heterocycles. The minimum absolute atomic E-state index is 0.0357. The summed E-state index contributed by atoms with van der Waals surface area (Å²) in [5.41, 5.74) is -7.35. The molecule has 3 aliphatic carbocycles. The number of Topliss-reactive ketones (excluding diaryl/α,β-unsaturated/α-hetero) is 1. The molecule has 76 heavy (non-hydrogen) atoms. The maximum atomic E-state index is 15.8. The van der Waals surface area contributed by atoms with Gasteiger partial charge in [-0.15, -0.1) is 11.6 Å². The number of alkyl halides is 1. The Hall–Kier alpha value is -5.52. The van der Waals surface area contributed by atoms with Gasteiger partial charge >= 0.3 is 36.0 Å². The summed E-state index contributed by atoms with van der Waals surface area (Å²) in [7, 11) is 2.64. The van der Waals surface area contributed by atoms with Gasteiger partial charge in [0, 0.05) is 43.6 Å². The average molecular weight is 1110 g/mol. The lowest BCUT2D eigenvalue weighted by molar-refractivity contribution is -0.346. The lowest BCUT2D eigenvalue weighted by Gasteiger charge is -2.67. The molecule has 4 aliphatic rings. The van der Waals surface area contributed by atoms with E-state index in [2.05, 4.69) is 5.32 Å². The van der Waals surface area contributed by atoms with Crippen LogP contribution in [0.5, 0.6) is 0 Å². The molecule has 3 aromatic rings. The SMILES string of the molecule is CC(=O)O[C@H]1C(=O)[C@@]2(C)C(C(OC(=O)c3ccccc3)[C@]3(O)C[C@H](OC(=O)[C@H](OC(=O)OCCSSCCOC(=O)CCl)[C@@H](NC(O)c4ccccc4)c4ccccc4)C(C)=C1C3(C)C)[C@]1(OC(C)=O)CO[C@@H]1C[C@@H]2O. The molecular weight excluding hydrogens is 1050 g/mol. The first kappa shape index (κ1) is 58.2. The van der Waals surface area contributed by atoms with E-state index < -0.39 is 125 Å². The molecule has 0 spiro atoms. The Morgan fingerprint density at radius 2 is 1.42 bits per heavy atom. The van der Waals surface area contributed by atoms with Crippen molar-refractivity contribution >= 4 is 75.0 Å². The smallest absolute Gasteiger partial charge is 0.464 e. The summed E-state index contributed by atoms with van der Waals surface area (Å²) >= 11 is 5.48. The monoisotopic (exact) mass is 1110 g/mol.